The molecule has 0 saturated heterocycles. The molecule has 18 heavy (non-hydrogen) atoms. The van der Waals surface area contributed by atoms with E-state index < -0.39 is 0 Å². The second kappa shape index (κ2) is 6.18. The predicted molar refractivity (Wildman–Crippen MR) is 80.1 cm³/mol. The third kappa shape index (κ3) is 3.34. The molecule has 1 saturated carbocycles. The van der Waals surface area contributed by atoms with Crippen LogP contribution < -0.4 is 5.73 Å². The lowest BCUT2D eigenvalue weighted by Crippen LogP contribution is -2.41. The Bertz CT molecular complexity index is 368. The third-order valence-corrected chi connectivity index (χ3v) is 4.77. The summed E-state index contributed by atoms with van der Waals surface area (Å²) in [5.74, 6) is 0. The highest BCUT2D eigenvalue weighted by Crippen LogP contribution is 2.38. The number of unbranched alkanes of at least 4 members (excludes halogenated alkanes) is 1. The van der Waals surface area contributed by atoms with Crippen molar-refractivity contribution in [1.29, 1.82) is 0 Å². The quantitative estimate of drug-likeness (QED) is 0.815. The van der Waals surface area contributed by atoms with Crippen molar-refractivity contribution in [2.45, 2.75) is 64.6 Å². The van der Waals surface area contributed by atoms with Gasteiger partial charge in [0.1, 0.15) is 0 Å². The Morgan fingerprint density at radius 2 is 2.17 bits per heavy atom. The van der Waals surface area contributed by atoms with E-state index in [9.17, 15) is 0 Å². The van der Waals surface area contributed by atoms with Gasteiger partial charge in [-0.1, -0.05) is 13.3 Å². The molecule has 1 aliphatic carbocycles. The van der Waals surface area contributed by atoms with Crippen LogP contribution in [0, 0.1) is 6.92 Å². The molecule has 0 aromatic carbocycles. The lowest BCUT2D eigenvalue weighted by molar-refractivity contribution is 0.166. The van der Waals surface area contributed by atoms with E-state index >= 15 is 0 Å². The van der Waals surface area contributed by atoms with Gasteiger partial charge in [-0.2, -0.15) is 0 Å². The van der Waals surface area contributed by atoms with Crippen molar-refractivity contribution in [3.63, 3.8) is 0 Å². The third-order valence-electron chi connectivity index (χ3n) is 3.69. The second-order valence-corrected chi connectivity index (χ2v) is 6.89. The Balaban J connectivity index is 2.15. The van der Waals surface area contributed by atoms with E-state index in [4.69, 9.17) is 5.73 Å². The number of hydrogen-bond acceptors (Lipinski definition) is 3. The largest absolute Gasteiger partial charge is 0.326 e. The fourth-order valence-electron chi connectivity index (χ4n) is 2.63. The van der Waals surface area contributed by atoms with Gasteiger partial charge in [-0.25, -0.2) is 0 Å². The summed E-state index contributed by atoms with van der Waals surface area (Å²) in [6.07, 6.45) is 5.26. The van der Waals surface area contributed by atoms with Crippen molar-refractivity contribution < 1.29 is 0 Å². The highest BCUT2D eigenvalue weighted by molar-refractivity contribution is 7.12. The second-order valence-electron chi connectivity index (χ2n) is 5.57. The normalized spacial score (nSPS) is 19.2. The number of rotatable bonds is 7. The van der Waals surface area contributed by atoms with Gasteiger partial charge >= 0.3 is 0 Å². The zero-order chi connectivity index (χ0) is 13.1. The first-order chi connectivity index (χ1) is 8.63. The predicted octanol–water partition coefficient (Wildman–Crippen LogP) is 3.71. The minimum atomic E-state index is 0.209. The van der Waals surface area contributed by atoms with Crippen LogP contribution in [0.2, 0.25) is 0 Å². The first-order valence-corrected chi connectivity index (χ1v) is 8.02. The lowest BCUT2D eigenvalue weighted by atomic mass is 10.1. The molecular weight excluding hydrogens is 240 g/mol. The molecule has 102 valence electrons. The standard InChI is InChI=1S/C15H26N2S/c1-4-5-10-17(13-7-8-13)15(12(3)16)14-9-6-11(2)18-14/h6,9,12-13,15H,4-5,7-8,10,16H2,1-3H3. The van der Waals surface area contributed by atoms with E-state index in [0.717, 1.165) is 6.04 Å². The van der Waals surface area contributed by atoms with Gasteiger partial charge < -0.3 is 5.73 Å². The van der Waals surface area contributed by atoms with Gasteiger partial charge in [0, 0.05) is 21.8 Å². The Kier molecular flexibility index (Phi) is 4.82. The van der Waals surface area contributed by atoms with E-state index in [-0.39, 0.29) is 6.04 Å². The van der Waals surface area contributed by atoms with Crippen molar-refractivity contribution >= 4 is 11.3 Å². The fourth-order valence-corrected chi connectivity index (χ4v) is 3.75. The molecule has 0 spiro atoms. The van der Waals surface area contributed by atoms with Gasteiger partial charge in [0.05, 0.1) is 6.04 Å². The van der Waals surface area contributed by atoms with Crippen LogP contribution >= 0.6 is 11.3 Å². The van der Waals surface area contributed by atoms with Crippen LogP contribution in [0.3, 0.4) is 0 Å². The van der Waals surface area contributed by atoms with Crippen LogP contribution in [0.15, 0.2) is 12.1 Å². The highest BCUT2D eigenvalue weighted by atomic mass is 32.1. The summed E-state index contributed by atoms with van der Waals surface area (Å²) in [4.78, 5) is 5.51. The van der Waals surface area contributed by atoms with Crippen LogP contribution in [0.4, 0.5) is 0 Å². The first-order valence-electron chi connectivity index (χ1n) is 7.21. The molecule has 0 amide bonds. The molecule has 0 aliphatic heterocycles. The SMILES string of the molecule is CCCCN(C1CC1)C(c1ccc(C)s1)C(C)N. The summed E-state index contributed by atoms with van der Waals surface area (Å²) < 4.78 is 0. The van der Waals surface area contributed by atoms with Gasteiger partial charge in [-0.15, -0.1) is 11.3 Å². The van der Waals surface area contributed by atoms with Crippen LogP contribution in [-0.2, 0) is 0 Å². The fraction of sp³-hybridized carbons (Fsp3) is 0.733. The average molecular weight is 266 g/mol. The van der Waals surface area contributed by atoms with Crippen molar-refractivity contribution in [1.82, 2.24) is 4.90 Å². The summed E-state index contributed by atoms with van der Waals surface area (Å²) in [7, 11) is 0. The van der Waals surface area contributed by atoms with Crippen molar-refractivity contribution in [2.24, 2.45) is 5.73 Å². The maximum Gasteiger partial charge on any atom is 0.0593 e. The van der Waals surface area contributed by atoms with Crippen LogP contribution in [0.1, 0.15) is 55.3 Å². The van der Waals surface area contributed by atoms with Crippen molar-refractivity contribution in [2.75, 3.05) is 6.54 Å². The first kappa shape index (κ1) is 14.0. The zero-order valence-electron chi connectivity index (χ0n) is 11.9. The molecule has 1 fully saturated rings. The molecule has 3 heteroatoms. The summed E-state index contributed by atoms with van der Waals surface area (Å²) in [6, 6.07) is 5.91. The summed E-state index contributed by atoms with van der Waals surface area (Å²) in [5.41, 5.74) is 6.28. The van der Waals surface area contributed by atoms with Crippen LogP contribution in [0.5, 0.6) is 0 Å². The van der Waals surface area contributed by atoms with Crippen LogP contribution in [-0.4, -0.2) is 23.5 Å². The number of nitrogens with zero attached hydrogens (tertiary/aromatic N) is 1. The molecule has 2 unspecified atom stereocenters. The van der Waals surface area contributed by atoms with E-state index in [1.54, 1.807) is 0 Å². The lowest BCUT2D eigenvalue weighted by Gasteiger charge is -2.34. The molecule has 2 N–H and O–H groups in total. The molecule has 1 aliphatic rings. The van der Waals surface area contributed by atoms with Gasteiger partial charge in [-0.3, -0.25) is 4.90 Å². The summed E-state index contributed by atoms with van der Waals surface area (Å²) in [5, 5.41) is 0. The Hall–Kier alpha value is -0.380. The van der Waals surface area contributed by atoms with Crippen LogP contribution in [0.25, 0.3) is 0 Å². The molecular formula is C15H26N2S. The van der Waals surface area contributed by atoms with E-state index in [0.29, 0.717) is 6.04 Å². The number of nitrogens with two attached hydrogens (primary N) is 1. The Morgan fingerprint density at radius 1 is 1.44 bits per heavy atom. The molecule has 2 nitrogen and oxygen atoms in total. The van der Waals surface area contributed by atoms with Crippen molar-refractivity contribution in [3.05, 3.63) is 21.9 Å². The molecule has 0 radical (unpaired) electrons. The number of hydrogen-bond donors (Lipinski definition) is 1. The van der Waals surface area contributed by atoms with E-state index in [1.807, 2.05) is 11.3 Å². The summed E-state index contributed by atoms with van der Waals surface area (Å²) in [6.45, 7) is 7.80. The highest BCUT2D eigenvalue weighted by Gasteiger charge is 2.36. The zero-order valence-corrected chi connectivity index (χ0v) is 12.7. The molecule has 2 atom stereocenters. The topological polar surface area (TPSA) is 29.3 Å². The maximum atomic E-state index is 6.28. The average Bonchev–Trinajstić information content (AvgIpc) is 3.07. The molecule has 1 heterocycles. The Morgan fingerprint density at radius 3 is 2.61 bits per heavy atom. The number of thiophene rings is 1. The van der Waals surface area contributed by atoms with Gasteiger partial charge in [0.2, 0.25) is 0 Å². The Labute approximate surface area is 115 Å². The number of aryl methyl sites for hydroxylation is 1. The van der Waals surface area contributed by atoms with E-state index in [1.165, 1.54) is 42.0 Å². The minimum Gasteiger partial charge on any atom is -0.326 e. The molecule has 0 bridgehead atoms. The van der Waals surface area contributed by atoms with Gasteiger partial charge in [0.15, 0.2) is 0 Å². The van der Waals surface area contributed by atoms with Gasteiger partial charge in [0.25, 0.3) is 0 Å². The molecule has 1 aromatic rings. The maximum absolute atomic E-state index is 6.28. The van der Waals surface area contributed by atoms with Gasteiger partial charge in [-0.05, 0) is 51.8 Å². The van der Waals surface area contributed by atoms with Crippen molar-refractivity contribution in [3.8, 4) is 0 Å². The summed E-state index contributed by atoms with van der Waals surface area (Å²) >= 11 is 1.91. The smallest absolute Gasteiger partial charge is 0.0593 e. The monoisotopic (exact) mass is 266 g/mol. The van der Waals surface area contributed by atoms with E-state index in [2.05, 4.69) is 37.8 Å². The molecule has 1 aromatic heterocycles. The molecule has 2 rings (SSSR count). The minimum absolute atomic E-state index is 0.209.